The highest BCUT2D eigenvalue weighted by molar-refractivity contribution is 7.05. The van der Waals surface area contributed by atoms with Crippen molar-refractivity contribution in [2.24, 2.45) is 0 Å². The molecule has 0 aliphatic carbocycles. The molecule has 4 nitrogen and oxygen atoms in total. The van der Waals surface area contributed by atoms with Gasteiger partial charge in [-0.3, -0.25) is 4.98 Å². The predicted molar refractivity (Wildman–Crippen MR) is 78.4 cm³/mol. The van der Waals surface area contributed by atoms with Crippen molar-refractivity contribution in [3.63, 3.8) is 0 Å². The van der Waals surface area contributed by atoms with Gasteiger partial charge in [0, 0.05) is 23.9 Å². The summed E-state index contributed by atoms with van der Waals surface area (Å²) in [6, 6.07) is 4.30. The maximum absolute atomic E-state index is 4.31. The number of aromatic nitrogens is 3. The van der Waals surface area contributed by atoms with Gasteiger partial charge < -0.3 is 5.32 Å². The van der Waals surface area contributed by atoms with Crippen molar-refractivity contribution in [2.45, 2.75) is 38.6 Å². The van der Waals surface area contributed by atoms with Crippen molar-refractivity contribution in [1.82, 2.24) is 19.9 Å². The highest BCUT2D eigenvalue weighted by Crippen LogP contribution is 2.31. The normalized spacial score (nSPS) is 13.5. The molecule has 2 aromatic rings. The Labute approximate surface area is 118 Å². The zero-order chi connectivity index (χ0) is 13.9. The fourth-order valence-corrected chi connectivity index (χ4v) is 3.00. The second-order valence-corrected chi connectivity index (χ2v) is 6.43. The van der Waals surface area contributed by atoms with Crippen LogP contribution in [0.5, 0.6) is 0 Å². The first kappa shape index (κ1) is 14.1. The van der Waals surface area contributed by atoms with E-state index < -0.39 is 0 Å². The molecule has 0 saturated heterocycles. The molecular weight excluding hydrogens is 256 g/mol. The molecule has 1 atom stereocenters. The maximum atomic E-state index is 4.31. The number of nitrogens with one attached hydrogen (secondary N) is 1. The minimum atomic E-state index is 0.0202. The van der Waals surface area contributed by atoms with Gasteiger partial charge in [0.1, 0.15) is 0 Å². The molecule has 5 heteroatoms. The second-order valence-electron chi connectivity index (χ2n) is 5.64. The third kappa shape index (κ3) is 3.36. The molecule has 102 valence electrons. The van der Waals surface area contributed by atoms with Gasteiger partial charge in [-0.2, -0.15) is 0 Å². The lowest BCUT2D eigenvalue weighted by molar-refractivity contribution is 0.530. The lowest BCUT2D eigenvalue weighted by Crippen LogP contribution is -2.23. The monoisotopic (exact) mass is 276 g/mol. The average Bonchev–Trinajstić information content (AvgIpc) is 2.86. The van der Waals surface area contributed by atoms with Crippen LogP contribution in [0.25, 0.3) is 0 Å². The smallest absolute Gasteiger partial charge is 0.0857 e. The lowest BCUT2D eigenvalue weighted by Gasteiger charge is -2.21. The van der Waals surface area contributed by atoms with Gasteiger partial charge in [0.05, 0.1) is 10.6 Å². The molecule has 0 bridgehead atoms. The van der Waals surface area contributed by atoms with Crippen LogP contribution >= 0.6 is 11.5 Å². The highest BCUT2D eigenvalue weighted by Gasteiger charge is 2.26. The summed E-state index contributed by atoms with van der Waals surface area (Å²) < 4.78 is 4.14. The molecule has 1 unspecified atom stereocenters. The molecule has 0 spiro atoms. The Hall–Kier alpha value is -1.33. The SMILES string of the molecule is CNC(Cc1cccnc1)c1snnc1C(C)(C)C. The van der Waals surface area contributed by atoms with Crippen LogP contribution in [-0.4, -0.2) is 21.6 Å². The number of pyridine rings is 1. The average molecular weight is 276 g/mol. The van der Waals surface area contributed by atoms with Crippen molar-refractivity contribution in [3.05, 3.63) is 40.7 Å². The number of likely N-dealkylation sites (N-methyl/N-ethyl adjacent to an activating group) is 1. The molecule has 0 radical (unpaired) electrons. The second kappa shape index (κ2) is 5.75. The Balaban J connectivity index is 2.26. The minimum absolute atomic E-state index is 0.0202. The van der Waals surface area contributed by atoms with Crippen molar-refractivity contribution >= 4 is 11.5 Å². The molecule has 0 aromatic carbocycles. The zero-order valence-electron chi connectivity index (χ0n) is 11.8. The molecule has 0 aliphatic heterocycles. The molecule has 0 amide bonds. The van der Waals surface area contributed by atoms with E-state index >= 15 is 0 Å². The standard InChI is InChI=1S/C14H20N4S/c1-14(2,3)13-12(19-18-17-13)11(15-4)8-10-6-5-7-16-9-10/h5-7,9,11,15H,8H2,1-4H3. The van der Waals surface area contributed by atoms with E-state index in [2.05, 4.69) is 46.7 Å². The summed E-state index contributed by atoms with van der Waals surface area (Å²) in [4.78, 5) is 5.39. The van der Waals surface area contributed by atoms with Gasteiger partial charge in [-0.15, -0.1) is 5.10 Å². The van der Waals surface area contributed by atoms with E-state index in [0.717, 1.165) is 12.1 Å². The van der Waals surface area contributed by atoms with E-state index in [0.29, 0.717) is 0 Å². The molecule has 1 N–H and O–H groups in total. The Bertz CT molecular complexity index is 516. The van der Waals surface area contributed by atoms with Crippen LogP contribution in [0.4, 0.5) is 0 Å². The van der Waals surface area contributed by atoms with Gasteiger partial charge >= 0.3 is 0 Å². The van der Waals surface area contributed by atoms with Gasteiger partial charge in [-0.05, 0) is 36.6 Å². The Morgan fingerprint density at radius 1 is 1.37 bits per heavy atom. The first-order valence-electron chi connectivity index (χ1n) is 6.41. The molecule has 19 heavy (non-hydrogen) atoms. The van der Waals surface area contributed by atoms with Gasteiger partial charge in [0.2, 0.25) is 0 Å². The van der Waals surface area contributed by atoms with E-state index in [1.165, 1.54) is 22.0 Å². The van der Waals surface area contributed by atoms with E-state index in [1.807, 2.05) is 19.3 Å². The number of hydrogen-bond acceptors (Lipinski definition) is 5. The lowest BCUT2D eigenvalue weighted by atomic mass is 9.89. The summed E-state index contributed by atoms with van der Waals surface area (Å²) in [5.41, 5.74) is 2.32. The van der Waals surface area contributed by atoms with Crippen LogP contribution < -0.4 is 5.32 Å². The van der Waals surface area contributed by atoms with Gasteiger partial charge in [-0.1, -0.05) is 31.3 Å². The van der Waals surface area contributed by atoms with Gasteiger partial charge in [0.15, 0.2) is 0 Å². The molecule has 0 aliphatic rings. The van der Waals surface area contributed by atoms with E-state index in [4.69, 9.17) is 0 Å². The first-order chi connectivity index (χ1) is 9.02. The summed E-state index contributed by atoms with van der Waals surface area (Å²) in [7, 11) is 1.98. The molecule has 2 heterocycles. The Morgan fingerprint density at radius 3 is 2.74 bits per heavy atom. The predicted octanol–water partition coefficient (Wildman–Crippen LogP) is 2.73. The summed E-state index contributed by atoms with van der Waals surface area (Å²) in [6.07, 6.45) is 4.61. The number of nitrogens with zero attached hydrogens (tertiary/aromatic N) is 3. The van der Waals surface area contributed by atoms with Crippen molar-refractivity contribution < 1.29 is 0 Å². The van der Waals surface area contributed by atoms with Crippen LogP contribution in [-0.2, 0) is 11.8 Å². The van der Waals surface area contributed by atoms with Crippen molar-refractivity contribution in [3.8, 4) is 0 Å². The fourth-order valence-electron chi connectivity index (χ4n) is 2.03. The zero-order valence-corrected chi connectivity index (χ0v) is 12.7. The first-order valence-corrected chi connectivity index (χ1v) is 7.18. The van der Waals surface area contributed by atoms with Crippen molar-refractivity contribution in [2.75, 3.05) is 7.05 Å². The molecule has 2 rings (SSSR count). The third-order valence-corrected chi connectivity index (χ3v) is 3.89. The number of rotatable bonds is 4. The third-order valence-electron chi connectivity index (χ3n) is 3.05. The molecule has 0 saturated carbocycles. The Morgan fingerprint density at radius 2 is 2.16 bits per heavy atom. The molecule has 2 aromatic heterocycles. The summed E-state index contributed by atoms with van der Waals surface area (Å²) in [6.45, 7) is 6.51. The summed E-state index contributed by atoms with van der Waals surface area (Å²) in [5, 5.41) is 7.68. The topological polar surface area (TPSA) is 50.7 Å². The van der Waals surface area contributed by atoms with Crippen LogP contribution in [0, 0.1) is 0 Å². The van der Waals surface area contributed by atoms with Gasteiger partial charge in [-0.25, -0.2) is 0 Å². The molecular formula is C14H20N4S. The van der Waals surface area contributed by atoms with E-state index in [9.17, 15) is 0 Å². The van der Waals surface area contributed by atoms with Crippen LogP contribution in [0.3, 0.4) is 0 Å². The van der Waals surface area contributed by atoms with Crippen LogP contribution in [0.15, 0.2) is 24.5 Å². The minimum Gasteiger partial charge on any atom is -0.312 e. The summed E-state index contributed by atoms with van der Waals surface area (Å²) >= 11 is 1.48. The van der Waals surface area contributed by atoms with Gasteiger partial charge in [0.25, 0.3) is 0 Å². The fraction of sp³-hybridized carbons (Fsp3) is 0.500. The highest BCUT2D eigenvalue weighted by atomic mass is 32.1. The molecule has 0 fully saturated rings. The summed E-state index contributed by atoms with van der Waals surface area (Å²) in [5.74, 6) is 0. The van der Waals surface area contributed by atoms with E-state index in [-0.39, 0.29) is 11.5 Å². The maximum Gasteiger partial charge on any atom is 0.0857 e. The van der Waals surface area contributed by atoms with Crippen molar-refractivity contribution in [1.29, 1.82) is 0 Å². The van der Waals surface area contributed by atoms with E-state index in [1.54, 1.807) is 6.20 Å². The quantitative estimate of drug-likeness (QED) is 0.933. The number of hydrogen-bond donors (Lipinski definition) is 1. The van der Waals surface area contributed by atoms with Crippen LogP contribution in [0.1, 0.15) is 42.9 Å². The Kier molecular flexibility index (Phi) is 4.27. The largest absolute Gasteiger partial charge is 0.312 e. The van der Waals surface area contributed by atoms with Crippen LogP contribution in [0.2, 0.25) is 0 Å².